The lowest BCUT2D eigenvalue weighted by Crippen LogP contribution is -2.32. The second-order valence-electron chi connectivity index (χ2n) is 6.17. The summed E-state index contributed by atoms with van der Waals surface area (Å²) in [4.78, 5) is 28.0. The highest BCUT2D eigenvalue weighted by Crippen LogP contribution is 2.34. The minimum absolute atomic E-state index is 0.00393. The Morgan fingerprint density at radius 2 is 2.19 bits per heavy atom. The van der Waals surface area contributed by atoms with Crippen LogP contribution in [0.1, 0.15) is 46.6 Å². The van der Waals surface area contributed by atoms with Crippen LogP contribution in [-0.2, 0) is 4.79 Å². The van der Waals surface area contributed by atoms with Crippen molar-refractivity contribution in [1.82, 2.24) is 15.6 Å². The minimum Gasteiger partial charge on any atom is -0.358 e. The fraction of sp³-hybridized carbons (Fsp3) is 0.300. The van der Waals surface area contributed by atoms with Crippen molar-refractivity contribution in [3.8, 4) is 0 Å². The third-order valence-corrected chi connectivity index (χ3v) is 4.38. The minimum atomic E-state index is -2.83. The summed E-state index contributed by atoms with van der Waals surface area (Å²) in [7, 11) is 0. The molecule has 6 nitrogen and oxygen atoms in total. The third-order valence-electron chi connectivity index (χ3n) is 4.38. The Kier molecular flexibility index (Phi) is 3.81. The number of aryl methyl sites for hydroxylation is 1. The molecule has 7 heteroatoms. The van der Waals surface area contributed by atoms with Crippen molar-refractivity contribution in [3.63, 3.8) is 0 Å². The van der Waals surface area contributed by atoms with E-state index in [4.69, 9.17) is 6.85 Å². The van der Waals surface area contributed by atoms with E-state index in [9.17, 15) is 14.0 Å². The lowest BCUT2D eigenvalue weighted by Gasteiger charge is -2.06. The molecule has 2 heterocycles. The number of amides is 2. The molecule has 0 aliphatic carbocycles. The Hall–Kier alpha value is -2.93. The van der Waals surface area contributed by atoms with Crippen LogP contribution in [0.3, 0.4) is 0 Å². The van der Waals surface area contributed by atoms with Gasteiger partial charge in [0.05, 0.1) is 11.1 Å². The molecule has 142 valence electrons. The number of H-pyrrole nitrogens is 1. The van der Waals surface area contributed by atoms with Crippen LogP contribution in [0, 0.1) is 19.7 Å². The summed E-state index contributed by atoms with van der Waals surface area (Å²) in [5.41, 5.74) is 3.21. The zero-order valence-electron chi connectivity index (χ0n) is 19.9. The van der Waals surface area contributed by atoms with E-state index >= 15 is 0 Å². The SMILES string of the molecule is [2H]C([2H])([2H])C([2H])([2H])NCCNC(=O)c1c(C)[nH]c(/C=C2\C(=O)Nc3ccc(F)cc32)c1C. The molecule has 0 spiro atoms. The van der Waals surface area contributed by atoms with Crippen molar-refractivity contribution in [3.05, 3.63) is 52.1 Å². The second kappa shape index (κ2) is 7.75. The van der Waals surface area contributed by atoms with E-state index in [0.717, 1.165) is 0 Å². The molecule has 2 aromatic rings. The summed E-state index contributed by atoms with van der Waals surface area (Å²) in [5.74, 6) is -1.28. The molecule has 0 unspecified atom stereocenters. The number of nitrogens with one attached hydrogen (secondary N) is 4. The summed E-state index contributed by atoms with van der Waals surface area (Å²) in [5, 5.41) is 7.56. The number of carbonyl (C=O) groups excluding carboxylic acids is 2. The van der Waals surface area contributed by atoms with Crippen molar-refractivity contribution >= 4 is 29.2 Å². The van der Waals surface area contributed by atoms with Gasteiger partial charge in [-0.05, 0) is 50.2 Å². The molecule has 0 saturated heterocycles. The molecule has 1 aromatic heterocycles. The number of fused-ring (bicyclic) bond motifs is 1. The van der Waals surface area contributed by atoms with Gasteiger partial charge in [0.15, 0.2) is 0 Å². The molecule has 0 bridgehead atoms. The van der Waals surface area contributed by atoms with Gasteiger partial charge in [-0.3, -0.25) is 9.59 Å². The molecule has 0 fully saturated rings. The van der Waals surface area contributed by atoms with Crippen molar-refractivity contribution < 1.29 is 20.8 Å². The van der Waals surface area contributed by atoms with Gasteiger partial charge in [0.2, 0.25) is 0 Å². The average Bonchev–Trinajstić information content (AvgIpc) is 3.13. The molecule has 0 radical (unpaired) electrons. The number of hydrogen-bond acceptors (Lipinski definition) is 3. The molecule has 2 amide bonds. The molecule has 4 N–H and O–H groups in total. The molecule has 1 aliphatic heterocycles. The first kappa shape index (κ1) is 13.3. The van der Waals surface area contributed by atoms with E-state index in [2.05, 4.69) is 20.9 Å². The predicted octanol–water partition coefficient (Wildman–Crippen LogP) is 2.60. The zero-order valence-corrected chi connectivity index (χ0v) is 14.9. The van der Waals surface area contributed by atoms with Gasteiger partial charge < -0.3 is 20.9 Å². The van der Waals surface area contributed by atoms with Crippen LogP contribution in [0.25, 0.3) is 11.6 Å². The molecule has 1 aliphatic rings. The van der Waals surface area contributed by atoms with Gasteiger partial charge in [-0.1, -0.05) is 6.85 Å². The van der Waals surface area contributed by atoms with Gasteiger partial charge >= 0.3 is 0 Å². The highest BCUT2D eigenvalue weighted by atomic mass is 19.1. The topological polar surface area (TPSA) is 86.0 Å². The third kappa shape index (κ3) is 3.78. The summed E-state index contributed by atoms with van der Waals surface area (Å²) >= 11 is 0. The van der Waals surface area contributed by atoms with Gasteiger partial charge in [0, 0.05) is 42.6 Å². The Morgan fingerprint density at radius 3 is 2.96 bits per heavy atom. The molecular weight excluding hydrogens is 347 g/mol. The molecule has 3 rings (SSSR count). The number of aromatic amines is 1. The van der Waals surface area contributed by atoms with Crippen LogP contribution >= 0.6 is 0 Å². The predicted molar refractivity (Wildman–Crippen MR) is 104 cm³/mol. The monoisotopic (exact) mass is 375 g/mol. The summed E-state index contributed by atoms with van der Waals surface area (Å²) in [6, 6.07) is 4.01. The number of likely N-dealkylation sites (N-methyl/N-ethyl adjacent to an activating group) is 1. The fourth-order valence-electron chi connectivity index (χ4n) is 3.10. The lowest BCUT2D eigenvalue weighted by atomic mass is 10.0. The standard InChI is InChI=1S/C20H23FN4O2/c1-4-22-7-8-23-20(27)18-11(2)17(24-12(18)3)10-15-14-9-13(21)5-6-16(14)25-19(15)26/h5-6,9-10,22,24H,4,7-8H2,1-3H3,(H,23,27)(H,25,26)/b15-10-/i1D3,4D2. The van der Waals surface area contributed by atoms with Crippen molar-refractivity contribution in [1.29, 1.82) is 0 Å². The number of rotatable bonds is 6. The number of benzene rings is 1. The van der Waals surface area contributed by atoms with Crippen molar-refractivity contribution in [2.45, 2.75) is 20.7 Å². The fourth-order valence-corrected chi connectivity index (χ4v) is 3.10. The van der Waals surface area contributed by atoms with Crippen LogP contribution in [0.4, 0.5) is 10.1 Å². The van der Waals surface area contributed by atoms with E-state index in [0.29, 0.717) is 33.8 Å². The summed E-state index contributed by atoms with van der Waals surface area (Å²) in [6.45, 7) is -2.09. The maximum absolute atomic E-state index is 13.7. The van der Waals surface area contributed by atoms with Crippen LogP contribution in [0.15, 0.2) is 18.2 Å². The molecule has 1 aromatic carbocycles. The molecule has 27 heavy (non-hydrogen) atoms. The summed E-state index contributed by atoms with van der Waals surface area (Å²) < 4.78 is 50.1. The van der Waals surface area contributed by atoms with Crippen molar-refractivity contribution in [2.75, 3.05) is 24.9 Å². The molecule has 0 atom stereocenters. The Balaban J connectivity index is 1.75. The normalized spacial score (nSPS) is 18.1. The highest BCUT2D eigenvalue weighted by Gasteiger charge is 2.26. The number of hydrogen-bond donors (Lipinski definition) is 4. The van der Waals surface area contributed by atoms with Gasteiger partial charge in [0.1, 0.15) is 5.82 Å². The van der Waals surface area contributed by atoms with Gasteiger partial charge in [-0.25, -0.2) is 4.39 Å². The smallest absolute Gasteiger partial charge is 0.256 e. The first-order valence-electron chi connectivity index (χ1n) is 10.9. The number of carbonyl (C=O) groups is 2. The largest absolute Gasteiger partial charge is 0.358 e. The highest BCUT2D eigenvalue weighted by molar-refractivity contribution is 6.34. The Labute approximate surface area is 164 Å². The maximum Gasteiger partial charge on any atom is 0.256 e. The number of anilines is 1. The first-order valence-corrected chi connectivity index (χ1v) is 8.37. The van der Waals surface area contributed by atoms with E-state index in [1.807, 2.05) is 0 Å². The Bertz CT molecular complexity index is 1110. The van der Waals surface area contributed by atoms with E-state index < -0.39 is 25.1 Å². The van der Waals surface area contributed by atoms with Gasteiger partial charge in [-0.15, -0.1) is 0 Å². The van der Waals surface area contributed by atoms with Crippen LogP contribution < -0.4 is 16.0 Å². The number of halogens is 1. The van der Waals surface area contributed by atoms with Crippen LogP contribution in [0.5, 0.6) is 0 Å². The average molecular weight is 375 g/mol. The molecule has 0 saturated carbocycles. The maximum atomic E-state index is 13.7. The van der Waals surface area contributed by atoms with Gasteiger partial charge in [-0.2, -0.15) is 0 Å². The van der Waals surface area contributed by atoms with Gasteiger partial charge in [0.25, 0.3) is 11.8 Å². The quantitative estimate of drug-likeness (QED) is 0.462. The Morgan fingerprint density at radius 1 is 1.37 bits per heavy atom. The van der Waals surface area contributed by atoms with E-state index in [-0.39, 0.29) is 24.6 Å². The number of aromatic nitrogens is 1. The first-order chi connectivity index (χ1) is 14.8. The summed E-state index contributed by atoms with van der Waals surface area (Å²) in [6.07, 6.45) is 1.56. The van der Waals surface area contributed by atoms with Crippen LogP contribution in [0.2, 0.25) is 0 Å². The lowest BCUT2D eigenvalue weighted by molar-refractivity contribution is -0.110. The van der Waals surface area contributed by atoms with E-state index in [1.54, 1.807) is 19.9 Å². The van der Waals surface area contributed by atoms with E-state index in [1.165, 1.54) is 18.2 Å². The van der Waals surface area contributed by atoms with Crippen molar-refractivity contribution in [2.24, 2.45) is 0 Å². The molecular formula is C20H23FN4O2. The second-order valence-corrected chi connectivity index (χ2v) is 6.17. The zero-order chi connectivity index (χ0) is 23.8. The van der Waals surface area contributed by atoms with Crippen LogP contribution in [-0.4, -0.2) is 36.4 Å².